The zero-order valence-electron chi connectivity index (χ0n) is 6.13. The van der Waals surface area contributed by atoms with Gasteiger partial charge in [0.1, 0.15) is 11.3 Å². The Morgan fingerprint density at radius 3 is 2.50 bits per heavy atom. The predicted octanol–water partition coefficient (Wildman–Crippen LogP) is -0.0888. The van der Waals surface area contributed by atoms with Crippen molar-refractivity contribution in [1.82, 2.24) is 5.32 Å². The Labute approximate surface area is 64.7 Å². The van der Waals surface area contributed by atoms with E-state index in [0.29, 0.717) is 5.25 Å². The number of ketones is 1. The normalized spacial score (nSPS) is 40.1. The van der Waals surface area contributed by atoms with E-state index in [1.807, 2.05) is 6.92 Å². The van der Waals surface area contributed by atoms with Crippen molar-refractivity contribution in [3.8, 4) is 0 Å². The van der Waals surface area contributed by atoms with Crippen LogP contribution in [0.4, 0.5) is 0 Å². The zero-order valence-corrected chi connectivity index (χ0v) is 6.94. The van der Waals surface area contributed by atoms with E-state index >= 15 is 0 Å². The van der Waals surface area contributed by atoms with Gasteiger partial charge in [-0.15, -0.1) is 11.8 Å². The number of carbonyl (C=O) groups excluding carboxylic acids is 1. The molecule has 0 aliphatic carbocycles. The Bertz CT molecular complexity index is 151. The highest BCUT2D eigenvalue weighted by Crippen LogP contribution is 2.23. The third-order valence-electron chi connectivity index (χ3n) is 1.61. The third-order valence-corrected chi connectivity index (χ3v) is 2.74. The van der Waals surface area contributed by atoms with Crippen LogP contribution in [0, 0.1) is 0 Å². The average Bonchev–Trinajstić information content (AvgIpc) is 2.10. The molecule has 1 saturated heterocycles. The summed E-state index contributed by atoms with van der Waals surface area (Å²) in [5.74, 6) is 0.174. The van der Waals surface area contributed by atoms with Crippen LogP contribution in [-0.2, 0) is 4.79 Å². The molecule has 58 valence electrons. The summed E-state index contributed by atoms with van der Waals surface area (Å²) in [6.45, 7) is 3.60. The molecule has 0 aromatic rings. The minimum absolute atomic E-state index is 0.0417. The second kappa shape index (κ2) is 2.90. The molecule has 3 nitrogen and oxygen atoms in total. The van der Waals surface area contributed by atoms with Crippen LogP contribution in [0.25, 0.3) is 0 Å². The van der Waals surface area contributed by atoms with Gasteiger partial charge >= 0.3 is 0 Å². The van der Waals surface area contributed by atoms with Gasteiger partial charge in [-0.2, -0.15) is 0 Å². The van der Waals surface area contributed by atoms with Crippen LogP contribution in [0.1, 0.15) is 13.8 Å². The van der Waals surface area contributed by atoms with Gasteiger partial charge in [0.05, 0.1) is 6.04 Å². The minimum atomic E-state index is -0.0658. The third kappa shape index (κ3) is 1.51. The van der Waals surface area contributed by atoms with E-state index < -0.39 is 0 Å². The van der Waals surface area contributed by atoms with Crippen LogP contribution in [-0.4, -0.2) is 22.6 Å². The lowest BCUT2D eigenvalue weighted by atomic mass is 10.1. The van der Waals surface area contributed by atoms with Crippen molar-refractivity contribution in [3.63, 3.8) is 0 Å². The fourth-order valence-corrected chi connectivity index (χ4v) is 2.22. The molecule has 0 aromatic heterocycles. The quantitative estimate of drug-likeness (QED) is 0.563. The molecule has 3 N–H and O–H groups in total. The van der Waals surface area contributed by atoms with Crippen molar-refractivity contribution in [2.45, 2.75) is 30.6 Å². The first kappa shape index (κ1) is 8.04. The van der Waals surface area contributed by atoms with Crippen molar-refractivity contribution < 1.29 is 4.79 Å². The zero-order chi connectivity index (χ0) is 7.72. The van der Waals surface area contributed by atoms with Crippen LogP contribution < -0.4 is 11.1 Å². The Balaban J connectivity index is 2.54. The molecule has 0 aromatic carbocycles. The lowest BCUT2D eigenvalue weighted by Crippen LogP contribution is -2.41. The summed E-state index contributed by atoms with van der Waals surface area (Å²) in [5.41, 5.74) is 5.49. The van der Waals surface area contributed by atoms with Gasteiger partial charge in [0.2, 0.25) is 0 Å². The number of hydrogen-bond donors (Lipinski definition) is 2. The van der Waals surface area contributed by atoms with Gasteiger partial charge in [0.25, 0.3) is 0 Å². The smallest absolute Gasteiger partial charge is 0.147 e. The molecule has 3 atom stereocenters. The summed E-state index contributed by atoms with van der Waals surface area (Å²) in [4.78, 5) is 10.9. The van der Waals surface area contributed by atoms with Crippen LogP contribution in [0.15, 0.2) is 0 Å². The number of nitrogens with two attached hydrogens (primary N) is 1. The molecule has 4 heteroatoms. The van der Waals surface area contributed by atoms with E-state index in [1.54, 1.807) is 18.7 Å². The molecule has 1 aliphatic rings. The molecule has 1 heterocycles. The lowest BCUT2D eigenvalue weighted by molar-refractivity contribution is -0.118. The molecular formula is C6H12N2OS. The summed E-state index contributed by atoms with van der Waals surface area (Å²) in [6.07, 6.45) is 0. The first-order chi connectivity index (χ1) is 4.61. The van der Waals surface area contributed by atoms with Crippen LogP contribution in [0.2, 0.25) is 0 Å². The summed E-state index contributed by atoms with van der Waals surface area (Å²) in [5, 5.41) is 3.31. The van der Waals surface area contributed by atoms with E-state index in [0.717, 1.165) is 0 Å². The standard InChI is InChI=1S/C6H12N2OS/c1-3(9)5-4(2)10-6(7)8-5/h4-6,8H,7H2,1-2H3. The highest BCUT2D eigenvalue weighted by molar-refractivity contribution is 8.00. The molecule has 0 saturated carbocycles. The molecule has 0 spiro atoms. The van der Waals surface area contributed by atoms with Crippen molar-refractivity contribution in [2.24, 2.45) is 5.73 Å². The Morgan fingerprint density at radius 1 is 1.70 bits per heavy atom. The molecule has 1 aliphatic heterocycles. The van der Waals surface area contributed by atoms with Crippen LogP contribution >= 0.6 is 11.8 Å². The SMILES string of the molecule is CC(=O)C1NC(N)SC1C. The van der Waals surface area contributed by atoms with Crippen molar-refractivity contribution >= 4 is 17.5 Å². The van der Waals surface area contributed by atoms with Gasteiger partial charge in [0, 0.05) is 5.25 Å². The highest BCUT2D eigenvalue weighted by Gasteiger charge is 2.31. The Hall–Kier alpha value is -0.0600. The number of rotatable bonds is 1. The summed E-state index contributed by atoms with van der Waals surface area (Å²) in [7, 11) is 0. The molecule has 0 radical (unpaired) electrons. The van der Waals surface area contributed by atoms with Gasteiger partial charge in [-0.05, 0) is 6.92 Å². The highest BCUT2D eigenvalue weighted by atomic mass is 32.2. The second-order valence-corrected chi connectivity index (χ2v) is 4.04. The van der Waals surface area contributed by atoms with E-state index in [-0.39, 0.29) is 17.3 Å². The van der Waals surface area contributed by atoms with Crippen molar-refractivity contribution in [3.05, 3.63) is 0 Å². The number of Topliss-reactive ketones (excluding diaryl/α,β-unsaturated/α-hetero) is 1. The minimum Gasteiger partial charge on any atom is -0.307 e. The number of hydrogen-bond acceptors (Lipinski definition) is 4. The topological polar surface area (TPSA) is 55.1 Å². The maximum atomic E-state index is 10.9. The molecule has 0 amide bonds. The monoisotopic (exact) mass is 160 g/mol. The van der Waals surface area contributed by atoms with Gasteiger partial charge < -0.3 is 5.73 Å². The van der Waals surface area contributed by atoms with Gasteiger partial charge in [0.15, 0.2) is 0 Å². The summed E-state index contributed by atoms with van der Waals surface area (Å²) < 4.78 is 0. The molecular weight excluding hydrogens is 148 g/mol. The molecule has 0 bridgehead atoms. The van der Waals surface area contributed by atoms with Crippen LogP contribution in [0.3, 0.4) is 0 Å². The second-order valence-electron chi connectivity index (χ2n) is 2.52. The molecule has 1 rings (SSSR count). The first-order valence-electron chi connectivity index (χ1n) is 3.29. The summed E-state index contributed by atoms with van der Waals surface area (Å²) >= 11 is 1.60. The number of nitrogens with one attached hydrogen (secondary N) is 1. The van der Waals surface area contributed by atoms with Gasteiger partial charge in [-0.25, -0.2) is 0 Å². The fraction of sp³-hybridized carbons (Fsp3) is 0.833. The van der Waals surface area contributed by atoms with Crippen LogP contribution in [0.5, 0.6) is 0 Å². The van der Waals surface area contributed by atoms with E-state index in [2.05, 4.69) is 5.32 Å². The molecule has 3 unspecified atom stereocenters. The Kier molecular flexibility index (Phi) is 2.33. The van der Waals surface area contributed by atoms with Gasteiger partial charge in [-0.3, -0.25) is 10.1 Å². The molecule has 1 fully saturated rings. The summed E-state index contributed by atoms with van der Waals surface area (Å²) in [6, 6.07) is -0.0417. The van der Waals surface area contributed by atoms with Gasteiger partial charge in [-0.1, -0.05) is 6.92 Å². The fourth-order valence-electron chi connectivity index (χ4n) is 1.11. The van der Waals surface area contributed by atoms with Crippen molar-refractivity contribution in [2.75, 3.05) is 0 Å². The van der Waals surface area contributed by atoms with E-state index in [1.165, 1.54) is 0 Å². The number of thioether (sulfide) groups is 1. The number of carbonyl (C=O) groups is 1. The lowest BCUT2D eigenvalue weighted by Gasteiger charge is -2.08. The van der Waals surface area contributed by atoms with E-state index in [9.17, 15) is 4.79 Å². The maximum absolute atomic E-state index is 10.9. The largest absolute Gasteiger partial charge is 0.307 e. The first-order valence-corrected chi connectivity index (χ1v) is 4.23. The predicted molar refractivity (Wildman–Crippen MR) is 42.6 cm³/mol. The maximum Gasteiger partial charge on any atom is 0.147 e. The molecule has 10 heavy (non-hydrogen) atoms. The van der Waals surface area contributed by atoms with Crippen molar-refractivity contribution in [1.29, 1.82) is 0 Å². The van der Waals surface area contributed by atoms with E-state index in [4.69, 9.17) is 5.73 Å². The Morgan fingerprint density at radius 2 is 2.30 bits per heavy atom. The average molecular weight is 160 g/mol.